The maximum Gasteiger partial charge on any atom is 0.233 e. The molecule has 0 saturated carbocycles. The lowest BCUT2D eigenvalue weighted by Gasteiger charge is -2.13. The van der Waals surface area contributed by atoms with Gasteiger partial charge in [-0.25, -0.2) is 0 Å². The number of nitro groups is 1. The van der Waals surface area contributed by atoms with Crippen molar-refractivity contribution >= 4 is 0 Å². The molecule has 2 rings (SSSR count). The number of ether oxygens (including phenoxy) is 1. The summed E-state index contributed by atoms with van der Waals surface area (Å²) in [4.78, 5) is 9.94. The van der Waals surface area contributed by atoms with Crippen molar-refractivity contribution in [3.05, 3.63) is 75.8 Å². The van der Waals surface area contributed by atoms with Crippen LogP contribution in [-0.4, -0.2) is 16.6 Å². The highest BCUT2D eigenvalue weighted by molar-refractivity contribution is 5.35. The second kappa shape index (κ2) is 6.68. The molecule has 2 aromatic rings. The Morgan fingerprint density at radius 1 is 1.10 bits per heavy atom. The summed E-state index contributed by atoms with van der Waals surface area (Å²) in [7, 11) is 0. The minimum Gasteiger partial charge on any atom is -0.489 e. The molecule has 0 spiro atoms. The Morgan fingerprint density at radius 2 is 1.75 bits per heavy atom. The second-order valence-electron chi connectivity index (χ2n) is 4.34. The van der Waals surface area contributed by atoms with Gasteiger partial charge in [-0.1, -0.05) is 48.5 Å². The van der Waals surface area contributed by atoms with Crippen molar-refractivity contribution in [2.45, 2.75) is 12.7 Å². The van der Waals surface area contributed by atoms with Gasteiger partial charge < -0.3 is 9.84 Å². The standard InChI is InChI=1S/C15H15NO4/c17-14(10-16(18)19)13-8-4-5-9-15(13)20-11-12-6-2-1-3-7-12/h1-9,14,17H,10-11H2/t14-/m1/s1. The van der Waals surface area contributed by atoms with Crippen molar-refractivity contribution in [3.8, 4) is 5.75 Å². The van der Waals surface area contributed by atoms with Gasteiger partial charge in [-0.3, -0.25) is 10.1 Å². The first-order valence-electron chi connectivity index (χ1n) is 6.22. The summed E-state index contributed by atoms with van der Waals surface area (Å²) in [6.07, 6.45) is -1.17. The Bertz CT molecular complexity index is 571. The lowest BCUT2D eigenvalue weighted by Crippen LogP contribution is -2.13. The van der Waals surface area contributed by atoms with Gasteiger partial charge in [0.1, 0.15) is 18.5 Å². The molecular formula is C15H15NO4. The van der Waals surface area contributed by atoms with Crippen LogP contribution >= 0.6 is 0 Å². The molecule has 0 saturated heterocycles. The molecule has 5 nitrogen and oxygen atoms in total. The van der Waals surface area contributed by atoms with E-state index in [1.165, 1.54) is 0 Å². The van der Waals surface area contributed by atoms with Crippen molar-refractivity contribution in [2.75, 3.05) is 6.54 Å². The number of hydrogen-bond acceptors (Lipinski definition) is 4. The molecular weight excluding hydrogens is 258 g/mol. The molecule has 2 aromatic carbocycles. The maximum absolute atomic E-state index is 10.5. The van der Waals surface area contributed by atoms with Gasteiger partial charge in [0.05, 0.1) is 0 Å². The molecule has 0 fully saturated rings. The highest BCUT2D eigenvalue weighted by atomic mass is 16.6. The van der Waals surface area contributed by atoms with Crippen LogP contribution in [-0.2, 0) is 6.61 Å². The molecule has 0 heterocycles. The smallest absolute Gasteiger partial charge is 0.233 e. The third-order valence-corrected chi connectivity index (χ3v) is 2.84. The van der Waals surface area contributed by atoms with Gasteiger partial charge in [-0.05, 0) is 11.6 Å². The quantitative estimate of drug-likeness (QED) is 0.648. The number of benzene rings is 2. The van der Waals surface area contributed by atoms with Crippen LogP contribution in [0.15, 0.2) is 54.6 Å². The first kappa shape index (κ1) is 14.0. The monoisotopic (exact) mass is 273 g/mol. The Hall–Kier alpha value is -2.40. The van der Waals surface area contributed by atoms with Crippen molar-refractivity contribution in [1.29, 1.82) is 0 Å². The minimum atomic E-state index is -1.17. The van der Waals surface area contributed by atoms with Crippen LogP contribution in [0.2, 0.25) is 0 Å². The zero-order valence-electron chi connectivity index (χ0n) is 10.8. The Morgan fingerprint density at radius 3 is 2.45 bits per heavy atom. The molecule has 104 valence electrons. The molecule has 0 aliphatic rings. The van der Waals surface area contributed by atoms with E-state index < -0.39 is 17.6 Å². The number of aliphatic hydroxyl groups is 1. The van der Waals surface area contributed by atoms with Crippen molar-refractivity contribution < 1.29 is 14.8 Å². The molecule has 1 N–H and O–H groups in total. The van der Waals surface area contributed by atoms with E-state index in [1.807, 2.05) is 30.3 Å². The van der Waals surface area contributed by atoms with Crippen LogP contribution in [0.5, 0.6) is 5.75 Å². The Balaban J connectivity index is 2.09. The van der Waals surface area contributed by atoms with Crippen LogP contribution in [0.4, 0.5) is 0 Å². The summed E-state index contributed by atoms with van der Waals surface area (Å²) in [6.45, 7) is -0.186. The summed E-state index contributed by atoms with van der Waals surface area (Å²) in [5, 5.41) is 20.3. The summed E-state index contributed by atoms with van der Waals surface area (Å²) >= 11 is 0. The van der Waals surface area contributed by atoms with E-state index in [0.29, 0.717) is 17.9 Å². The van der Waals surface area contributed by atoms with Crippen molar-refractivity contribution in [2.24, 2.45) is 0 Å². The summed E-state index contributed by atoms with van der Waals surface area (Å²) in [5.74, 6) is 0.464. The van der Waals surface area contributed by atoms with Crippen molar-refractivity contribution in [3.63, 3.8) is 0 Å². The Labute approximate surface area is 116 Å². The number of aliphatic hydroxyl groups excluding tert-OH is 1. The van der Waals surface area contributed by atoms with E-state index in [2.05, 4.69) is 0 Å². The summed E-state index contributed by atoms with van der Waals surface area (Å²) in [6, 6.07) is 16.4. The fraction of sp³-hybridized carbons (Fsp3) is 0.200. The highest BCUT2D eigenvalue weighted by Crippen LogP contribution is 2.25. The lowest BCUT2D eigenvalue weighted by molar-refractivity contribution is -0.491. The number of para-hydroxylation sites is 1. The fourth-order valence-corrected chi connectivity index (χ4v) is 1.86. The molecule has 0 bridgehead atoms. The van der Waals surface area contributed by atoms with Gasteiger partial charge in [0.15, 0.2) is 0 Å². The van der Waals surface area contributed by atoms with E-state index in [9.17, 15) is 15.2 Å². The van der Waals surface area contributed by atoms with E-state index in [4.69, 9.17) is 4.74 Å². The van der Waals surface area contributed by atoms with Crippen LogP contribution in [0, 0.1) is 10.1 Å². The molecule has 0 radical (unpaired) electrons. The van der Waals surface area contributed by atoms with E-state index in [1.54, 1.807) is 24.3 Å². The predicted molar refractivity (Wildman–Crippen MR) is 74.0 cm³/mol. The van der Waals surface area contributed by atoms with Crippen LogP contribution in [0.3, 0.4) is 0 Å². The second-order valence-corrected chi connectivity index (χ2v) is 4.34. The van der Waals surface area contributed by atoms with Gasteiger partial charge in [0.2, 0.25) is 6.54 Å². The molecule has 0 unspecified atom stereocenters. The van der Waals surface area contributed by atoms with E-state index in [0.717, 1.165) is 5.56 Å². The van der Waals surface area contributed by atoms with Gasteiger partial charge in [-0.15, -0.1) is 0 Å². The summed E-state index contributed by atoms with van der Waals surface area (Å²) < 4.78 is 5.64. The van der Waals surface area contributed by atoms with Crippen molar-refractivity contribution in [1.82, 2.24) is 0 Å². The first-order chi connectivity index (χ1) is 9.66. The van der Waals surface area contributed by atoms with Gasteiger partial charge >= 0.3 is 0 Å². The number of nitrogens with zero attached hydrogens (tertiary/aromatic N) is 1. The van der Waals surface area contributed by atoms with Crippen LogP contribution in [0.25, 0.3) is 0 Å². The molecule has 0 amide bonds. The zero-order valence-corrected chi connectivity index (χ0v) is 10.8. The zero-order chi connectivity index (χ0) is 14.4. The van der Waals surface area contributed by atoms with Gasteiger partial charge in [0, 0.05) is 10.5 Å². The molecule has 0 aromatic heterocycles. The Kier molecular flexibility index (Phi) is 4.68. The number of rotatable bonds is 6. The highest BCUT2D eigenvalue weighted by Gasteiger charge is 2.18. The van der Waals surface area contributed by atoms with Gasteiger partial charge in [-0.2, -0.15) is 0 Å². The third-order valence-electron chi connectivity index (χ3n) is 2.84. The van der Waals surface area contributed by atoms with Crippen LogP contribution in [0.1, 0.15) is 17.2 Å². The largest absolute Gasteiger partial charge is 0.489 e. The SMILES string of the molecule is O=[N+]([O-])C[C@@H](O)c1ccccc1OCc1ccccc1. The minimum absolute atomic E-state index is 0.350. The predicted octanol–water partition coefficient (Wildman–Crippen LogP) is 2.58. The molecule has 1 atom stereocenters. The maximum atomic E-state index is 10.5. The van der Waals surface area contributed by atoms with Gasteiger partial charge in [0.25, 0.3) is 0 Å². The average Bonchev–Trinajstić information content (AvgIpc) is 2.46. The topological polar surface area (TPSA) is 72.6 Å². The summed E-state index contributed by atoms with van der Waals surface area (Å²) in [5.41, 5.74) is 1.42. The normalized spacial score (nSPS) is 11.8. The first-order valence-corrected chi connectivity index (χ1v) is 6.22. The molecule has 0 aliphatic carbocycles. The van der Waals surface area contributed by atoms with E-state index >= 15 is 0 Å². The molecule has 5 heteroatoms. The molecule has 0 aliphatic heterocycles. The van der Waals surface area contributed by atoms with Crippen LogP contribution < -0.4 is 4.74 Å². The average molecular weight is 273 g/mol. The number of hydrogen-bond donors (Lipinski definition) is 1. The molecule has 20 heavy (non-hydrogen) atoms. The van der Waals surface area contributed by atoms with E-state index in [-0.39, 0.29) is 0 Å². The fourth-order valence-electron chi connectivity index (χ4n) is 1.86. The third kappa shape index (κ3) is 3.80. The lowest BCUT2D eigenvalue weighted by atomic mass is 10.1.